The number of benzene rings is 2. The van der Waals surface area contributed by atoms with Crippen molar-refractivity contribution in [2.24, 2.45) is 0 Å². The lowest BCUT2D eigenvalue weighted by Crippen LogP contribution is -2.08. The van der Waals surface area contributed by atoms with E-state index in [0.717, 1.165) is 11.3 Å². The molecule has 0 heterocycles. The smallest absolute Gasteiger partial charge is 0.0992 e. The minimum absolute atomic E-state index is 0.104. The third kappa shape index (κ3) is 3.18. The van der Waals surface area contributed by atoms with Crippen molar-refractivity contribution in [1.29, 1.82) is 5.26 Å². The molecule has 2 aromatic rings. The molecule has 0 aromatic heterocycles. The third-order valence-electron chi connectivity index (χ3n) is 2.92. The molecule has 19 heavy (non-hydrogen) atoms. The van der Waals surface area contributed by atoms with Crippen LogP contribution >= 0.6 is 11.6 Å². The van der Waals surface area contributed by atoms with Gasteiger partial charge < -0.3 is 11.1 Å². The van der Waals surface area contributed by atoms with Gasteiger partial charge in [-0.1, -0.05) is 23.7 Å². The molecule has 2 aromatic carbocycles. The first kappa shape index (κ1) is 13.3. The van der Waals surface area contributed by atoms with Crippen molar-refractivity contribution in [2.45, 2.75) is 13.0 Å². The van der Waals surface area contributed by atoms with Crippen molar-refractivity contribution < 1.29 is 0 Å². The van der Waals surface area contributed by atoms with Crippen molar-refractivity contribution in [2.75, 3.05) is 11.1 Å². The SMILES string of the molecule is CC(Nc1ccc(C#N)cc1N)c1ccc(Cl)cc1. The van der Waals surface area contributed by atoms with Gasteiger partial charge in [0.1, 0.15) is 0 Å². The molecular formula is C15H14ClN3. The van der Waals surface area contributed by atoms with E-state index in [1.54, 1.807) is 12.1 Å². The topological polar surface area (TPSA) is 61.8 Å². The van der Waals surface area contributed by atoms with E-state index in [4.69, 9.17) is 22.6 Å². The van der Waals surface area contributed by atoms with Gasteiger partial charge in [-0.25, -0.2) is 0 Å². The van der Waals surface area contributed by atoms with Crippen molar-refractivity contribution in [3.8, 4) is 6.07 Å². The summed E-state index contributed by atoms with van der Waals surface area (Å²) in [4.78, 5) is 0. The highest BCUT2D eigenvalue weighted by Gasteiger charge is 2.07. The molecule has 0 aliphatic rings. The first-order valence-electron chi connectivity index (χ1n) is 5.92. The van der Waals surface area contributed by atoms with E-state index in [-0.39, 0.29) is 6.04 Å². The van der Waals surface area contributed by atoms with Gasteiger partial charge in [0.2, 0.25) is 0 Å². The molecule has 2 rings (SSSR count). The van der Waals surface area contributed by atoms with Gasteiger partial charge in [-0.3, -0.25) is 0 Å². The maximum absolute atomic E-state index is 8.80. The van der Waals surface area contributed by atoms with Crippen molar-refractivity contribution in [3.05, 3.63) is 58.6 Å². The van der Waals surface area contributed by atoms with Gasteiger partial charge in [-0.2, -0.15) is 5.26 Å². The molecule has 0 saturated heterocycles. The molecule has 0 aliphatic carbocycles. The largest absolute Gasteiger partial charge is 0.397 e. The lowest BCUT2D eigenvalue weighted by molar-refractivity contribution is 0.885. The Balaban J connectivity index is 2.17. The molecular weight excluding hydrogens is 258 g/mol. The zero-order valence-electron chi connectivity index (χ0n) is 10.5. The highest BCUT2D eigenvalue weighted by molar-refractivity contribution is 6.30. The summed E-state index contributed by atoms with van der Waals surface area (Å²) in [6.45, 7) is 2.04. The molecule has 0 saturated carbocycles. The van der Waals surface area contributed by atoms with Gasteiger partial charge >= 0.3 is 0 Å². The van der Waals surface area contributed by atoms with Gasteiger partial charge in [0.25, 0.3) is 0 Å². The number of nitrogens with two attached hydrogens (primary N) is 1. The van der Waals surface area contributed by atoms with Gasteiger partial charge in [0, 0.05) is 11.1 Å². The second kappa shape index (κ2) is 5.64. The maximum atomic E-state index is 8.80. The number of nitrogen functional groups attached to an aromatic ring is 1. The highest BCUT2D eigenvalue weighted by Crippen LogP contribution is 2.25. The number of hydrogen-bond donors (Lipinski definition) is 2. The molecule has 0 amide bonds. The molecule has 0 aliphatic heterocycles. The average molecular weight is 272 g/mol. The second-order valence-corrected chi connectivity index (χ2v) is 4.77. The fourth-order valence-electron chi connectivity index (χ4n) is 1.83. The molecule has 0 fully saturated rings. The van der Waals surface area contributed by atoms with Gasteiger partial charge in [0.15, 0.2) is 0 Å². The van der Waals surface area contributed by atoms with Crippen LogP contribution < -0.4 is 11.1 Å². The number of nitrogens with one attached hydrogen (secondary N) is 1. The van der Waals surface area contributed by atoms with Crippen LogP contribution in [0, 0.1) is 11.3 Å². The van der Waals surface area contributed by atoms with Crippen molar-refractivity contribution in [1.82, 2.24) is 0 Å². The molecule has 1 atom stereocenters. The van der Waals surface area contributed by atoms with E-state index < -0.39 is 0 Å². The Hall–Kier alpha value is -2.18. The van der Waals surface area contributed by atoms with E-state index in [1.807, 2.05) is 37.3 Å². The predicted octanol–water partition coefficient (Wildman–Crippen LogP) is 3.97. The second-order valence-electron chi connectivity index (χ2n) is 4.33. The first-order valence-corrected chi connectivity index (χ1v) is 6.29. The first-order chi connectivity index (χ1) is 9.10. The monoisotopic (exact) mass is 271 g/mol. The summed E-state index contributed by atoms with van der Waals surface area (Å²) in [5.41, 5.74) is 8.98. The maximum Gasteiger partial charge on any atom is 0.0992 e. The number of halogens is 1. The van der Waals surface area contributed by atoms with E-state index in [9.17, 15) is 0 Å². The Kier molecular flexibility index (Phi) is 3.94. The normalized spacial score (nSPS) is 11.6. The van der Waals surface area contributed by atoms with Gasteiger partial charge in [-0.15, -0.1) is 0 Å². The van der Waals surface area contributed by atoms with Crippen LogP contribution in [0.1, 0.15) is 24.1 Å². The zero-order chi connectivity index (χ0) is 13.8. The van der Waals surface area contributed by atoms with Crippen LogP contribution in [0.25, 0.3) is 0 Å². The number of anilines is 2. The Morgan fingerprint density at radius 2 is 1.89 bits per heavy atom. The van der Waals surface area contributed by atoms with Crippen LogP contribution in [0.15, 0.2) is 42.5 Å². The average Bonchev–Trinajstić information content (AvgIpc) is 2.41. The van der Waals surface area contributed by atoms with Crippen LogP contribution in [0.2, 0.25) is 5.02 Å². The summed E-state index contributed by atoms with van der Waals surface area (Å²) in [6, 6.07) is 15.1. The summed E-state index contributed by atoms with van der Waals surface area (Å²) in [6.07, 6.45) is 0. The zero-order valence-corrected chi connectivity index (χ0v) is 11.3. The molecule has 4 heteroatoms. The molecule has 1 unspecified atom stereocenters. The molecule has 0 spiro atoms. The Labute approximate surface area is 117 Å². The number of nitrogens with zero attached hydrogens (tertiary/aromatic N) is 1. The van der Waals surface area contributed by atoms with Gasteiger partial charge in [0.05, 0.1) is 23.0 Å². The van der Waals surface area contributed by atoms with Crippen molar-refractivity contribution in [3.63, 3.8) is 0 Å². The standard InChI is InChI=1S/C15H14ClN3/c1-10(12-3-5-13(16)6-4-12)19-15-7-2-11(9-17)8-14(15)18/h2-8,10,19H,18H2,1H3. The number of rotatable bonds is 3. The van der Waals surface area contributed by atoms with E-state index >= 15 is 0 Å². The predicted molar refractivity (Wildman–Crippen MR) is 79.1 cm³/mol. The summed E-state index contributed by atoms with van der Waals surface area (Å²) in [5.74, 6) is 0. The third-order valence-corrected chi connectivity index (χ3v) is 3.17. The molecule has 96 valence electrons. The molecule has 3 N–H and O–H groups in total. The van der Waals surface area contributed by atoms with Crippen molar-refractivity contribution >= 4 is 23.0 Å². The van der Waals surface area contributed by atoms with Crippen LogP contribution in [-0.4, -0.2) is 0 Å². The Bertz CT molecular complexity index is 614. The lowest BCUT2D eigenvalue weighted by Gasteiger charge is -2.17. The lowest BCUT2D eigenvalue weighted by atomic mass is 10.1. The quantitative estimate of drug-likeness (QED) is 0.831. The van der Waals surface area contributed by atoms with Crippen LogP contribution in [0.4, 0.5) is 11.4 Å². The van der Waals surface area contributed by atoms with Crippen LogP contribution in [0.3, 0.4) is 0 Å². The fraction of sp³-hybridized carbons (Fsp3) is 0.133. The Morgan fingerprint density at radius 1 is 1.21 bits per heavy atom. The van der Waals surface area contributed by atoms with Crippen LogP contribution in [-0.2, 0) is 0 Å². The van der Waals surface area contributed by atoms with E-state index in [1.165, 1.54) is 0 Å². The summed E-state index contributed by atoms with van der Waals surface area (Å²) in [7, 11) is 0. The van der Waals surface area contributed by atoms with E-state index in [2.05, 4.69) is 11.4 Å². The molecule has 3 nitrogen and oxygen atoms in total. The van der Waals surface area contributed by atoms with Gasteiger partial charge in [-0.05, 0) is 42.8 Å². The minimum atomic E-state index is 0.104. The minimum Gasteiger partial charge on any atom is -0.397 e. The number of hydrogen-bond acceptors (Lipinski definition) is 3. The Morgan fingerprint density at radius 3 is 2.47 bits per heavy atom. The summed E-state index contributed by atoms with van der Waals surface area (Å²) < 4.78 is 0. The van der Waals surface area contributed by atoms with E-state index in [0.29, 0.717) is 16.3 Å². The fourth-order valence-corrected chi connectivity index (χ4v) is 1.96. The highest BCUT2D eigenvalue weighted by atomic mass is 35.5. The molecule has 0 radical (unpaired) electrons. The van der Waals surface area contributed by atoms with Crippen LogP contribution in [0.5, 0.6) is 0 Å². The molecule has 0 bridgehead atoms. The summed E-state index contributed by atoms with van der Waals surface area (Å²) in [5, 5.41) is 12.8. The number of nitriles is 1. The summed E-state index contributed by atoms with van der Waals surface area (Å²) >= 11 is 5.86.